The van der Waals surface area contributed by atoms with Crippen LogP contribution >= 0.6 is 11.5 Å². The van der Waals surface area contributed by atoms with E-state index in [2.05, 4.69) is 4.37 Å². The minimum atomic E-state index is 0.414. The second-order valence-corrected chi connectivity index (χ2v) is 2.27. The highest BCUT2D eigenvalue weighted by molar-refractivity contribution is 7.10. The molecule has 0 unspecified atom stereocenters. The van der Waals surface area contributed by atoms with Gasteiger partial charge in [-0.05, 0) is 11.5 Å². The number of methoxy groups -OCH3 is 1. The minimum Gasteiger partial charge on any atom is -0.479 e. The molecule has 4 nitrogen and oxygen atoms in total. The van der Waals surface area contributed by atoms with Crippen LogP contribution in [0, 0.1) is 0 Å². The first-order valence-electron chi connectivity index (χ1n) is 2.30. The molecule has 0 aliphatic rings. The molecule has 0 saturated carbocycles. The van der Waals surface area contributed by atoms with Crippen molar-refractivity contribution in [3.05, 3.63) is 0 Å². The predicted octanol–water partition coefficient (Wildman–Crippen LogP) is 0.316. The molecule has 0 fully saturated rings. The highest BCUT2D eigenvalue weighted by Gasteiger charge is 2.05. The van der Waals surface area contributed by atoms with Gasteiger partial charge in [-0.2, -0.15) is 4.37 Å². The summed E-state index contributed by atoms with van der Waals surface area (Å²) in [5, 5.41) is 0.506. The van der Waals surface area contributed by atoms with Crippen LogP contribution in [-0.4, -0.2) is 11.5 Å². The van der Waals surface area contributed by atoms with E-state index < -0.39 is 0 Å². The van der Waals surface area contributed by atoms with Crippen LogP contribution in [0.4, 0.5) is 10.7 Å². The summed E-state index contributed by atoms with van der Waals surface area (Å²) in [5.74, 6) is 0.414. The molecule has 0 aromatic carbocycles. The second-order valence-electron chi connectivity index (χ2n) is 1.47. The van der Waals surface area contributed by atoms with Crippen LogP contribution in [0.1, 0.15) is 0 Å². The average molecular weight is 145 g/mol. The molecule has 0 atom stereocenters. The third-order valence-corrected chi connectivity index (χ3v) is 1.59. The van der Waals surface area contributed by atoms with Crippen LogP contribution < -0.4 is 16.2 Å². The molecule has 50 valence electrons. The zero-order chi connectivity index (χ0) is 6.85. The maximum atomic E-state index is 5.41. The van der Waals surface area contributed by atoms with E-state index in [-0.39, 0.29) is 0 Å². The van der Waals surface area contributed by atoms with E-state index in [0.29, 0.717) is 16.6 Å². The molecule has 0 radical (unpaired) electrons. The fraction of sp³-hybridized carbons (Fsp3) is 0.250. The van der Waals surface area contributed by atoms with Crippen molar-refractivity contribution in [3.8, 4) is 5.88 Å². The number of nitrogen functional groups attached to an aromatic ring is 2. The standard InChI is InChI=1S/C4H7N3OS/c1-8-4-2(5)3(6)9-7-4/h5-6H2,1H3. The van der Waals surface area contributed by atoms with Gasteiger partial charge in [-0.15, -0.1) is 0 Å². The van der Waals surface area contributed by atoms with Gasteiger partial charge in [0.25, 0.3) is 5.88 Å². The molecule has 0 aliphatic carbocycles. The number of ether oxygens (including phenoxy) is 1. The zero-order valence-corrected chi connectivity index (χ0v) is 5.73. The number of hydrogen-bond acceptors (Lipinski definition) is 5. The predicted molar refractivity (Wildman–Crippen MR) is 37.5 cm³/mol. The van der Waals surface area contributed by atoms with E-state index in [1.165, 1.54) is 7.11 Å². The minimum absolute atomic E-state index is 0.414. The Morgan fingerprint density at radius 1 is 1.56 bits per heavy atom. The monoisotopic (exact) mass is 145 g/mol. The first kappa shape index (κ1) is 6.15. The normalized spacial score (nSPS) is 9.44. The van der Waals surface area contributed by atoms with Crippen molar-refractivity contribution in [2.45, 2.75) is 0 Å². The molecule has 1 aromatic rings. The molecule has 9 heavy (non-hydrogen) atoms. The summed E-state index contributed by atoms with van der Waals surface area (Å²) in [6.45, 7) is 0. The summed E-state index contributed by atoms with van der Waals surface area (Å²) in [4.78, 5) is 0. The SMILES string of the molecule is COc1nsc(N)c1N. The van der Waals surface area contributed by atoms with E-state index in [0.717, 1.165) is 11.5 Å². The Kier molecular flexibility index (Phi) is 1.44. The lowest BCUT2D eigenvalue weighted by atomic mass is 10.5. The maximum absolute atomic E-state index is 5.41. The Balaban J connectivity index is 3.04. The summed E-state index contributed by atoms with van der Waals surface area (Å²) >= 11 is 1.13. The Morgan fingerprint density at radius 2 is 2.22 bits per heavy atom. The van der Waals surface area contributed by atoms with E-state index in [1.807, 2.05) is 0 Å². The fourth-order valence-electron chi connectivity index (χ4n) is 0.442. The van der Waals surface area contributed by atoms with Crippen LogP contribution in [0.3, 0.4) is 0 Å². The second kappa shape index (κ2) is 2.10. The summed E-state index contributed by atoms with van der Waals surface area (Å²) in [6, 6.07) is 0. The molecular weight excluding hydrogens is 138 g/mol. The van der Waals surface area contributed by atoms with E-state index in [1.54, 1.807) is 0 Å². The van der Waals surface area contributed by atoms with Gasteiger partial charge in [-0.1, -0.05) is 0 Å². The highest BCUT2D eigenvalue weighted by atomic mass is 32.1. The van der Waals surface area contributed by atoms with Gasteiger partial charge in [0.05, 0.1) is 7.11 Å². The number of hydrogen-bond donors (Lipinski definition) is 2. The largest absolute Gasteiger partial charge is 0.479 e. The maximum Gasteiger partial charge on any atom is 0.250 e. The molecule has 0 saturated heterocycles. The Hall–Kier alpha value is -0.970. The van der Waals surface area contributed by atoms with Crippen molar-refractivity contribution in [1.29, 1.82) is 0 Å². The van der Waals surface area contributed by atoms with Crippen LogP contribution in [0.25, 0.3) is 0 Å². The van der Waals surface area contributed by atoms with E-state index in [9.17, 15) is 0 Å². The topological polar surface area (TPSA) is 74.2 Å². The quantitative estimate of drug-likeness (QED) is 0.596. The van der Waals surface area contributed by atoms with Gasteiger partial charge in [0, 0.05) is 0 Å². The lowest BCUT2D eigenvalue weighted by Gasteiger charge is -1.92. The first-order valence-corrected chi connectivity index (χ1v) is 3.07. The summed E-state index contributed by atoms with van der Waals surface area (Å²) in [5.41, 5.74) is 11.2. The van der Waals surface area contributed by atoms with Gasteiger partial charge >= 0.3 is 0 Å². The Morgan fingerprint density at radius 3 is 2.44 bits per heavy atom. The van der Waals surface area contributed by atoms with Crippen LogP contribution in [0.2, 0.25) is 0 Å². The van der Waals surface area contributed by atoms with Gasteiger partial charge in [0.2, 0.25) is 0 Å². The summed E-state index contributed by atoms with van der Waals surface area (Å²) in [6.07, 6.45) is 0. The highest BCUT2D eigenvalue weighted by Crippen LogP contribution is 2.29. The number of nitrogens with two attached hydrogens (primary N) is 2. The lowest BCUT2D eigenvalue weighted by Crippen LogP contribution is -1.92. The fourth-order valence-corrected chi connectivity index (χ4v) is 0.981. The van der Waals surface area contributed by atoms with E-state index >= 15 is 0 Å². The van der Waals surface area contributed by atoms with Crippen molar-refractivity contribution in [1.82, 2.24) is 4.37 Å². The Bertz CT molecular complexity index is 210. The van der Waals surface area contributed by atoms with Crippen molar-refractivity contribution in [3.63, 3.8) is 0 Å². The molecule has 1 heterocycles. The molecular formula is C4H7N3OS. The third-order valence-electron chi connectivity index (χ3n) is 0.916. The van der Waals surface area contributed by atoms with Gasteiger partial charge in [0.1, 0.15) is 10.7 Å². The lowest BCUT2D eigenvalue weighted by molar-refractivity contribution is 0.405. The summed E-state index contributed by atoms with van der Waals surface area (Å²) in [7, 11) is 1.50. The molecule has 0 aliphatic heterocycles. The molecule has 1 aromatic heterocycles. The molecule has 0 amide bonds. The van der Waals surface area contributed by atoms with Gasteiger partial charge in [0.15, 0.2) is 0 Å². The average Bonchev–Trinajstić information content (AvgIpc) is 2.15. The molecule has 5 heteroatoms. The van der Waals surface area contributed by atoms with Crippen molar-refractivity contribution < 1.29 is 4.74 Å². The van der Waals surface area contributed by atoms with Crippen LogP contribution in [-0.2, 0) is 0 Å². The molecule has 4 N–H and O–H groups in total. The number of aromatic nitrogens is 1. The molecule has 0 bridgehead atoms. The van der Waals surface area contributed by atoms with Gasteiger partial charge in [-0.3, -0.25) is 0 Å². The first-order chi connectivity index (χ1) is 4.25. The number of nitrogens with zero attached hydrogens (tertiary/aromatic N) is 1. The van der Waals surface area contributed by atoms with Crippen LogP contribution in [0.15, 0.2) is 0 Å². The number of rotatable bonds is 1. The third kappa shape index (κ3) is 0.904. The van der Waals surface area contributed by atoms with Crippen molar-refractivity contribution in [2.75, 3.05) is 18.6 Å². The Labute approximate surface area is 56.6 Å². The van der Waals surface area contributed by atoms with Gasteiger partial charge in [-0.25, -0.2) is 0 Å². The van der Waals surface area contributed by atoms with Crippen LogP contribution in [0.5, 0.6) is 5.88 Å². The molecule has 1 rings (SSSR count). The van der Waals surface area contributed by atoms with Crippen molar-refractivity contribution >= 4 is 22.2 Å². The molecule has 0 spiro atoms. The smallest absolute Gasteiger partial charge is 0.250 e. The zero-order valence-electron chi connectivity index (χ0n) is 4.92. The van der Waals surface area contributed by atoms with Crippen molar-refractivity contribution in [2.24, 2.45) is 0 Å². The van der Waals surface area contributed by atoms with Gasteiger partial charge < -0.3 is 16.2 Å². The number of anilines is 2. The summed E-state index contributed by atoms with van der Waals surface area (Å²) < 4.78 is 8.56. The van der Waals surface area contributed by atoms with E-state index in [4.69, 9.17) is 16.2 Å².